The number of nitrogens with zero attached hydrogens (tertiary/aromatic N) is 1. The highest BCUT2D eigenvalue weighted by Crippen LogP contribution is 2.15. The molecule has 2 atom stereocenters. The van der Waals surface area contributed by atoms with Crippen molar-refractivity contribution in [2.45, 2.75) is 87.8 Å². The standard InChI is InChI=1S/C11H16N2OS.C7H10N2O3S.C6H12/c1-2-3-6-10(14)9-13-15-11-7-4-5-8-12-11;1-5(7(8)10)9-13(11)6-3-2-4-12-6;1-2-4-6-5-3-1/h4-5,7-8,13H,2-3,6,9H2,1H3;2-5,9H,1H3,(H2,8,10);1-6H2. The van der Waals surface area contributed by atoms with Gasteiger partial charge in [-0.25, -0.2) is 13.9 Å². The smallest absolute Gasteiger partial charge is 0.235 e. The zero-order valence-corrected chi connectivity index (χ0v) is 21.8. The molecule has 1 fully saturated rings. The predicted octanol–water partition coefficient (Wildman–Crippen LogP) is 4.54. The number of hydrogen-bond donors (Lipinski definition) is 3. The van der Waals surface area contributed by atoms with Gasteiger partial charge in [0.2, 0.25) is 11.0 Å². The molecule has 0 spiro atoms. The molecule has 0 bridgehead atoms. The monoisotopic (exact) mass is 510 g/mol. The summed E-state index contributed by atoms with van der Waals surface area (Å²) in [4.78, 5) is 26.0. The van der Waals surface area contributed by atoms with Gasteiger partial charge in [0, 0.05) is 12.6 Å². The van der Waals surface area contributed by atoms with Crippen LogP contribution in [0, 0.1) is 0 Å². The quantitative estimate of drug-likeness (QED) is 0.379. The number of hydrogen-bond acceptors (Lipinski definition) is 7. The fourth-order valence-corrected chi connectivity index (χ4v) is 4.31. The maximum Gasteiger partial charge on any atom is 0.235 e. The number of Topliss-reactive ketones (excluding diaryl/α,β-unsaturated/α-hetero) is 1. The fourth-order valence-electron chi connectivity index (χ4n) is 2.77. The zero-order chi connectivity index (χ0) is 25.0. The van der Waals surface area contributed by atoms with Gasteiger partial charge >= 0.3 is 0 Å². The summed E-state index contributed by atoms with van der Waals surface area (Å²) in [5.74, 6) is -0.291. The van der Waals surface area contributed by atoms with E-state index in [0.29, 0.717) is 13.0 Å². The Morgan fingerprint density at radius 1 is 1.15 bits per heavy atom. The first-order valence-corrected chi connectivity index (χ1v) is 13.7. The Morgan fingerprint density at radius 2 is 1.82 bits per heavy atom. The van der Waals surface area contributed by atoms with Crippen LogP contribution in [0.5, 0.6) is 0 Å². The molecule has 2 heterocycles. The Kier molecular flexibility index (Phi) is 17.1. The van der Waals surface area contributed by atoms with Crippen molar-refractivity contribution in [3.8, 4) is 0 Å². The Morgan fingerprint density at radius 3 is 2.32 bits per heavy atom. The minimum absolute atomic E-state index is 0.264. The van der Waals surface area contributed by atoms with Gasteiger partial charge in [0.15, 0.2) is 11.0 Å². The van der Waals surface area contributed by atoms with E-state index in [4.69, 9.17) is 10.2 Å². The highest BCUT2D eigenvalue weighted by Gasteiger charge is 2.14. The largest absolute Gasteiger partial charge is 0.454 e. The molecule has 0 aliphatic heterocycles. The topological polar surface area (TPSA) is 127 Å². The molecule has 2 unspecified atom stereocenters. The van der Waals surface area contributed by atoms with E-state index >= 15 is 0 Å². The predicted molar refractivity (Wildman–Crippen MR) is 137 cm³/mol. The fraction of sp³-hybridized carbons (Fsp3) is 0.542. The molecule has 190 valence electrons. The molecule has 1 aliphatic carbocycles. The first-order valence-electron chi connectivity index (χ1n) is 11.8. The van der Waals surface area contributed by atoms with E-state index in [2.05, 4.69) is 21.4 Å². The molecule has 4 N–H and O–H groups in total. The van der Waals surface area contributed by atoms with Crippen molar-refractivity contribution in [2.24, 2.45) is 5.73 Å². The van der Waals surface area contributed by atoms with Crippen LogP contribution in [0.1, 0.15) is 71.6 Å². The van der Waals surface area contributed by atoms with E-state index in [1.54, 1.807) is 18.3 Å². The summed E-state index contributed by atoms with van der Waals surface area (Å²) in [6.45, 7) is 4.04. The van der Waals surface area contributed by atoms with Crippen molar-refractivity contribution in [1.29, 1.82) is 0 Å². The van der Waals surface area contributed by atoms with Gasteiger partial charge in [0.05, 0.1) is 18.8 Å². The molecule has 10 heteroatoms. The number of furan rings is 1. The Labute approximate surface area is 210 Å². The van der Waals surface area contributed by atoms with Crippen LogP contribution >= 0.6 is 11.9 Å². The summed E-state index contributed by atoms with van der Waals surface area (Å²) < 4.78 is 21.7. The lowest BCUT2D eigenvalue weighted by Gasteiger charge is -2.06. The molecule has 2 aromatic heterocycles. The van der Waals surface area contributed by atoms with Gasteiger partial charge in [-0.2, -0.15) is 0 Å². The Balaban J connectivity index is 0.000000276. The number of nitrogens with two attached hydrogens (primary N) is 1. The number of amides is 1. The van der Waals surface area contributed by atoms with Crippen LogP contribution in [-0.4, -0.2) is 33.5 Å². The van der Waals surface area contributed by atoms with E-state index in [1.807, 2.05) is 18.2 Å². The highest BCUT2D eigenvalue weighted by atomic mass is 32.2. The number of rotatable bonds is 11. The van der Waals surface area contributed by atoms with E-state index in [9.17, 15) is 13.8 Å². The molecule has 1 saturated carbocycles. The van der Waals surface area contributed by atoms with Crippen molar-refractivity contribution in [3.63, 3.8) is 0 Å². The lowest BCUT2D eigenvalue weighted by Crippen LogP contribution is -2.39. The maximum atomic E-state index is 11.3. The minimum atomic E-state index is -1.52. The molecule has 34 heavy (non-hydrogen) atoms. The maximum absolute atomic E-state index is 11.3. The van der Waals surface area contributed by atoms with Crippen LogP contribution in [-0.2, 0) is 20.6 Å². The van der Waals surface area contributed by atoms with Crippen LogP contribution in [0.2, 0.25) is 0 Å². The summed E-state index contributed by atoms with van der Waals surface area (Å²) in [5.41, 5.74) is 4.97. The van der Waals surface area contributed by atoms with Crippen molar-refractivity contribution < 1.29 is 18.2 Å². The summed E-state index contributed by atoms with van der Waals surface area (Å²) in [6.07, 6.45) is 14.9. The van der Waals surface area contributed by atoms with Gasteiger partial charge in [-0.05, 0) is 49.6 Å². The third-order valence-corrected chi connectivity index (χ3v) is 6.69. The molecule has 1 amide bonds. The molecule has 2 aromatic rings. The third-order valence-electron chi connectivity index (χ3n) is 4.78. The summed E-state index contributed by atoms with van der Waals surface area (Å²) in [6, 6.07) is 8.23. The average molecular weight is 511 g/mol. The van der Waals surface area contributed by atoms with Crippen LogP contribution < -0.4 is 15.2 Å². The normalized spacial score (nSPS) is 14.5. The second kappa shape index (κ2) is 19.3. The minimum Gasteiger partial charge on any atom is -0.454 e. The lowest BCUT2D eigenvalue weighted by atomic mass is 10.0. The van der Waals surface area contributed by atoms with Crippen LogP contribution in [0.15, 0.2) is 57.3 Å². The van der Waals surface area contributed by atoms with Gasteiger partial charge in [-0.1, -0.05) is 57.9 Å². The molecule has 3 rings (SSSR count). The second-order valence-electron chi connectivity index (χ2n) is 7.80. The summed E-state index contributed by atoms with van der Waals surface area (Å²) in [7, 11) is -1.52. The molecular weight excluding hydrogens is 472 g/mol. The first-order chi connectivity index (χ1) is 16.4. The van der Waals surface area contributed by atoms with Gasteiger partial charge in [0.1, 0.15) is 10.8 Å². The first kappa shape index (κ1) is 30.0. The number of pyridine rings is 1. The van der Waals surface area contributed by atoms with Crippen molar-refractivity contribution in [3.05, 3.63) is 42.8 Å². The van der Waals surface area contributed by atoms with Crippen molar-refractivity contribution >= 4 is 34.6 Å². The van der Waals surface area contributed by atoms with Crippen LogP contribution in [0.4, 0.5) is 0 Å². The van der Waals surface area contributed by atoms with E-state index < -0.39 is 22.9 Å². The van der Waals surface area contributed by atoms with E-state index in [1.165, 1.54) is 63.7 Å². The van der Waals surface area contributed by atoms with Crippen molar-refractivity contribution in [1.82, 2.24) is 14.4 Å². The van der Waals surface area contributed by atoms with Gasteiger partial charge in [-0.15, -0.1) is 0 Å². The van der Waals surface area contributed by atoms with E-state index in [-0.39, 0.29) is 10.9 Å². The zero-order valence-electron chi connectivity index (χ0n) is 20.2. The molecule has 1 aliphatic rings. The average Bonchev–Trinajstić information content (AvgIpc) is 3.40. The third kappa shape index (κ3) is 15.0. The summed E-state index contributed by atoms with van der Waals surface area (Å²) >= 11 is 1.40. The van der Waals surface area contributed by atoms with Gasteiger partial charge in [-0.3, -0.25) is 14.3 Å². The molecule has 0 saturated heterocycles. The SMILES string of the molecule is C1CCCCC1.CC(NS(=O)c1ccco1)C(N)=O.CCCCC(=O)CNSc1ccccn1. The van der Waals surface area contributed by atoms with Crippen LogP contribution in [0.3, 0.4) is 0 Å². The second-order valence-corrected chi connectivity index (χ2v) is 9.88. The number of carbonyl (C=O) groups excluding carboxylic acids is 2. The number of nitrogens with one attached hydrogen (secondary N) is 2. The van der Waals surface area contributed by atoms with Crippen molar-refractivity contribution in [2.75, 3.05) is 6.54 Å². The number of aromatic nitrogens is 1. The van der Waals surface area contributed by atoms with Gasteiger partial charge in [0.25, 0.3) is 0 Å². The molecular formula is C24H38N4O4S2. The molecule has 0 radical (unpaired) electrons. The molecule has 8 nitrogen and oxygen atoms in total. The number of primary amides is 1. The van der Waals surface area contributed by atoms with Gasteiger partial charge < -0.3 is 10.2 Å². The number of carbonyl (C=O) groups is 2. The number of unbranched alkanes of at least 4 members (excludes halogenated alkanes) is 1. The number of ketones is 1. The molecule has 0 aromatic carbocycles. The summed E-state index contributed by atoms with van der Waals surface area (Å²) in [5, 5.41) is 1.16. The van der Waals surface area contributed by atoms with Crippen LogP contribution in [0.25, 0.3) is 0 Å². The van der Waals surface area contributed by atoms with E-state index in [0.717, 1.165) is 17.9 Å². The lowest BCUT2D eigenvalue weighted by molar-refractivity contribution is -0.119. The Hall–Kier alpha value is -2.01. The highest BCUT2D eigenvalue weighted by molar-refractivity contribution is 7.97. The Bertz CT molecular complexity index is 804.